The summed E-state index contributed by atoms with van der Waals surface area (Å²) in [6.07, 6.45) is 1.73. The Bertz CT molecular complexity index is 624. The van der Waals surface area contributed by atoms with Crippen molar-refractivity contribution >= 4 is 40.5 Å². The molecular weight excluding hydrogens is 342 g/mol. The molecule has 124 valence electrons. The summed E-state index contributed by atoms with van der Waals surface area (Å²) in [6.45, 7) is 2.02. The molecule has 23 heavy (non-hydrogen) atoms. The average Bonchev–Trinajstić information content (AvgIpc) is 2.90. The fraction of sp³-hybridized carbons (Fsp3) is 0.500. The molecule has 0 radical (unpaired) electrons. The lowest BCUT2D eigenvalue weighted by Gasteiger charge is -2.28. The maximum atomic E-state index is 12.2. The van der Waals surface area contributed by atoms with E-state index in [0.717, 1.165) is 0 Å². The molecule has 0 bridgehead atoms. The number of esters is 1. The van der Waals surface area contributed by atoms with Crippen LogP contribution in [0.15, 0.2) is 23.4 Å². The van der Waals surface area contributed by atoms with Crippen LogP contribution >= 0.6 is 11.6 Å². The first kappa shape index (κ1) is 16.4. The molecule has 0 spiro atoms. The third-order valence-corrected chi connectivity index (χ3v) is 5.23. The van der Waals surface area contributed by atoms with Crippen molar-refractivity contribution in [3.8, 4) is 0 Å². The molecule has 7 nitrogen and oxygen atoms in total. The molecule has 1 aromatic heterocycles. The van der Waals surface area contributed by atoms with Gasteiger partial charge in [0.2, 0.25) is 5.90 Å². The van der Waals surface area contributed by atoms with E-state index >= 15 is 0 Å². The normalized spacial score (nSPS) is 26.5. The second kappa shape index (κ2) is 6.94. The molecule has 1 saturated heterocycles. The second-order valence-corrected chi connectivity index (χ2v) is 7.09. The van der Waals surface area contributed by atoms with Crippen LogP contribution in [0.4, 0.5) is 5.82 Å². The molecule has 2 aliphatic heterocycles. The van der Waals surface area contributed by atoms with Crippen LogP contribution < -0.4 is 5.01 Å². The predicted molar refractivity (Wildman–Crippen MR) is 86.9 cm³/mol. The van der Waals surface area contributed by atoms with Gasteiger partial charge < -0.3 is 14.0 Å². The Balaban J connectivity index is 1.80. The van der Waals surface area contributed by atoms with E-state index < -0.39 is 23.2 Å². The molecule has 0 aliphatic carbocycles. The summed E-state index contributed by atoms with van der Waals surface area (Å²) in [5, 5.41) is 6.15. The fourth-order valence-electron chi connectivity index (χ4n) is 2.34. The van der Waals surface area contributed by atoms with Gasteiger partial charge in [-0.3, -0.25) is 0 Å². The molecule has 3 heterocycles. The van der Waals surface area contributed by atoms with Crippen LogP contribution in [0.5, 0.6) is 0 Å². The highest BCUT2D eigenvalue weighted by Gasteiger charge is 2.41. The first-order valence-corrected chi connectivity index (χ1v) is 9.10. The number of rotatable bonds is 4. The van der Waals surface area contributed by atoms with Gasteiger partial charge in [0.25, 0.3) is 0 Å². The summed E-state index contributed by atoms with van der Waals surface area (Å²) in [5.41, 5.74) is 0. The van der Waals surface area contributed by atoms with Crippen molar-refractivity contribution in [1.29, 1.82) is 0 Å². The van der Waals surface area contributed by atoms with Crippen molar-refractivity contribution in [2.24, 2.45) is 5.10 Å². The molecule has 3 rings (SSSR count). The predicted octanol–water partition coefficient (Wildman–Crippen LogP) is 1.34. The summed E-state index contributed by atoms with van der Waals surface area (Å²) in [6, 6.07) is 2.71. The molecule has 0 saturated carbocycles. The van der Waals surface area contributed by atoms with Gasteiger partial charge >= 0.3 is 5.97 Å². The van der Waals surface area contributed by atoms with E-state index in [2.05, 4.69) is 10.1 Å². The quantitative estimate of drug-likeness (QED) is 0.597. The van der Waals surface area contributed by atoms with Crippen molar-refractivity contribution in [2.45, 2.75) is 25.5 Å². The van der Waals surface area contributed by atoms with E-state index in [0.29, 0.717) is 28.2 Å². The maximum absolute atomic E-state index is 12.2. The Morgan fingerprint density at radius 3 is 3.00 bits per heavy atom. The smallest absolute Gasteiger partial charge is 0.331 e. The molecule has 1 atom stereocenters. The maximum Gasteiger partial charge on any atom is 0.331 e. The Hall–Kier alpha value is -1.51. The van der Waals surface area contributed by atoms with Crippen LogP contribution in [0.3, 0.4) is 0 Å². The van der Waals surface area contributed by atoms with Crippen molar-refractivity contribution in [3.63, 3.8) is 0 Å². The number of ether oxygens (including phenoxy) is 2. The summed E-state index contributed by atoms with van der Waals surface area (Å²) < 4.78 is 22.0. The summed E-state index contributed by atoms with van der Waals surface area (Å²) in [5.74, 6) is 1.36. The third kappa shape index (κ3) is 3.54. The van der Waals surface area contributed by atoms with E-state index in [1.165, 1.54) is 5.01 Å². The molecule has 0 aromatic carbocycles. The van der Waals surface area contributed by atoms with Gasteiger partial charge in [0.15, 0.2) is 18.0 Å². The van der Waals surface area contributed by atoms with Gasteiger partial charge in [-0.05, 0) is 30.2 Å². The Kier molecular flexibility index (Phi) is 4.93. The topological polar surface area (TPSA) is 87.1 Å². The van der Waals surface area contributed by atoms with E-state index in [-0.39, 0.29) is 19.1 Å². The zero-order valence-corrected chi connectivity index (χ0v) is 14.0. The molecule has 1 fully saturated rings. The van der Waals surface area contributed by atoms with E-state index in [4.69, 9.17) is 21.1 Å². The van der Waals surface area contributed by atoms with Gasteiger partial charge in [0, 0.05) is 6.20 Å². The molecule has 0 amide bonds. The number of carbonyl (C=O) groups is 1. The fourth-order valence-corrected chi connectivity index (χ4v) is 3.42. The Morgan fingerprint density at radius 1 is 1.57 bits per heavy atom. The summed E-state index contributed by atoms with van der Waals surface area (Å²) in [4.78, 5) is 16.4. The summed E-state index contributed by atoms with van der Waals surface area (Å²) in [7, 11) is 0. The first-order chi connectivity index (χ1) is 11.1. The van der Waals surface area contributed by atoms with Gasteiger partial charge in [0.05, 0.1) is 18.1 Å². The van der Waals surface area contributed by atoms with Crippen LogP contribution in [-0.2, 0) is 25.4 Å². The van der Waals surface area contributed by atoms with E-state index in [1.807, 2.05) is 0 Å². The molecule has 1 aromatic rings. The zero-order valence-electron chi connectivity index (χ0n) is 12.5. The highest BCUT2D eigenvalue weighted by Crippen LogP contribution is 2.30. The van der Waals surface area contributed by atoms with Gasteiger partial charge in [-0.15, -0.1) is 5.10 Å². The SMILES string of the molecule is CCOC(=O)C1CC(OC2C[S+]([O-])C2)=NN1c1ncccc1Cl. The van der Waals surface area contributed by atoms with Crippen LogP contribution in [0.2, 0.25) is 5.02 Å². The number of anilines is 1. The van der Waals surface area contributed by atoms with Crippen molar-refractivity contribution in [2.75, 3.05) is 23.1 Å². The number of hydrogen-bond donors (Lipinski definition) is 0. The lowest BCUT2D eigenvalue weighted by Crippen LogP contribution is -2.44. The highest BCUT2D eigenvalue weighted by atomic mass is 35.5. The minimum Gasteiger partial charge on any atom is -0.616 e. The number of aromatic nitrogens is 1. The zero-order chi connectivity index (χ0) is 16.4. The van der Waals surface area contributed by atoms with Gasteiger partial charge in [0.1, 0.15) is 11.5 Å². The van der Waals surface area contributed by atoms with Crippen molar-refractivity contribution in [1.82, 2.24) is 4.98 Å². The van der Waals surface area contributed by atoms with Crippen LogP contribution in [-0.4, -0.2) is 51.7 Å². The third-order valence-electron chi connectivity index (χ3n) is 3.44. The standard InChI is InChI=1S/C14H16ClN3O4S/c1-2-21-14(19)11-6-12(22-9-7-23(20)8-9)17-18(11)13-10(15)4-3-5-16-13/h3-5,9,11H,2,6-8H2,1H3. The highest BCUT2D eigenvalue weighted by molar-refractivity contribution is 7.92. The van der Waals surface area contributed by atoms with Gasteiger partial charge in [-0.1, -0.05) is 11.6 Å². The summed E-state index contributed by atoms with van der Waals surface area (Å²) >= 11 is 5.35. The molecular formula is C14H16ClN3O4S. The van der Waals surface area contributed by atoms with Crippen LogP contribution in [0, 0.1) is 0 Å². The Morgan fingerprint density at radius 2 is 2.35 bits per heavy atom. The molecule has 0 N–H and O–H groups in total. The monoisotopic (exact) mass is 357 g/mol. The lowest BCUT2D eigenvalue weighted by molar-refractivity contribution is -0.144. The van der Waals surface area contributed by atoms with E-state index in [9.17, 15) is 9.35 Å². The molecule has 9 heteroatoms. The number of hydrazone groups is 1. The van der Waals surface area contributed by atoms with Gasteiger partial charge in [-0.2, -0.15) is 0 Å². The molecule has 1 unspecified atom stereocenters. The average molecular weight is 358 g/mol. The number of carbonyl (C=O) groups excluding carboxylic acids is 1. The number of pyridine rings is 1. The first-order valence-electron chi connectivity index (χ1n) is 7.24. The minimum atomic E-state index is -0.810. The van der Waals surface area contributed by atoms with Crippen LogP contribution in [0.1, 0.15) is 13.3 Å². The van der Waals surface area contributed by atoms with Gasteiger partial charge in [-0.25, -0.2) is 14.8 Å². The lowest BCUT2D eigenvalue weighted by atomic mass is 10.2. The van der Waals surface area contributed by atoms with E-state index in [1.54, 1.807) is 25.3 Å². The number of halogens is 1. The van der Waals surface area contributed by atoms with Crippen LogP contribution in [0.25, 0.3) is 0 Å². The minimum absolute atomic E-state index is 0.114. The Labute approximate surface area is 141 Å². The van der Waals surface area contributed by atoms with Crippen molar-refractivity contribution in [3.05, 3.63) is 23.4 Å². The largest absolute Gasteiger partial charge is 0.616 e. The number of nitrogens with zero attached hydrogens (tertiary/aromatic N) is 3. The second-order valence-electron chi connectivity index (χ2n) is 5.13. The molecule has 2 aliphatic rings. The number of hydrogen-bond acceptors (Lipinski definition) is 7. The van der Waals surface area contributed by atoms with Crippen molar-refractivity contribution < 1.29 is 18.8 Å².